The molecule has 0 saturated heterocycles. The molecule has 0 aliphatic heterocycles. The van der Waals surface area contributed by atoms with Gasteiger partial charge in [0.2, 0.25) is 0 Å². The van der Waals surface area contributed by atoms with Crippen molar-refractivity contribution in [3.63, 3.8) is 0 Å². The smallest absolute Gasteiger partial charge is 0.297 e. The van der Waals surface area contributed by atoms with Crippen molar-refractivity contribution >= 4 is 18.7 Å². The molecule has 0 spiro atoms. The van der Waals surface area contributed by atoms with Crippen molar-refractivity contribution in [3.05, 3.63) is 18.5 Å². The fraction of sp³-hybridized carbons (Fsp3) is 0.333. The normalized spacial score (nSPS) is 9.07. The molecule has 1 aromatic heterocycles. The number of alkyl halides is 3. The van der Waals surface area contributed by atoms with Gasteiger partial charge in [0.25, 0.3) is 0 Å². The Hall–Kier alpha value is -1.24. The predicted molar refractivity (Wildman–Crippen MR) is 44.1 cm³/mol. The highest BCUT2D eigenvalue weighted by atomic mass is 35.5. The molecule has 0 bridgehead atoms. The minimum absolute atomic E-state index is 0. The molecule has 0 N–H and O–H groups in total. The summed E-state index contributed by atoms with van der Waals surface area (Å²) in [4.78, 5) is 9.07. The van der Waals surface area contributed by atoms with E-state index in [1.54, 1.807) is 18.5 Å². The first-order valence-corrected chi connectivity index (χ1v) is 3.11. The Morgan fingerprint density at radius 3 is 1.86 bits per heavy atom. The van der Waals surface area contributed by atoms with Crippen molar-refractivity contribution in [2.24, 2.45) is 0 Å². The minimum atomic E-state index is -3.76. The van der Waals surface area contributed by atoms with Crippen LogP contribution in [0.4, 0.5) is 13.2 Å². The van der Waals surface area contributed by atoms with E-state index in [1.807, 2.05) is 0 Å². The average molecular weight is 230 g/mol. The van der Waals surface area contributed by atoms with Crippen molar-refractivity contribution in [1.29, 1.82) is 0 Å². The highest BCUT2D eigenvalue weighted by Gasteiger charge is 2.27. The summed E-state index contributed by atoms with van der Waals surface area (Å²) in [6.45, 7) is -1.91. The third-order valence-corrected chi connectivity index (χ3v) is 0.759. The van der Waals surface area contributed by atoms with Crippen LogP contribution in [-0.4, -0.2) is 34.3 Å². The lowest BCUT2D eigenvalue weighted by molar-refractivity contribution is -0.131. The zero-order valence-corrected chi connectivity index (χ0v) is 7.63. The van der Waals surface area contributed by atoms with Crippen LogP contribution in [0.2, 0.25) is 0 Å². The number of nitrogens with zero attached hydrogens (tertiary/aromatic N) is 3. The largest absolute Gasteiger partial charge is 0.330 e. The van der Waals surface area contributed by atoms with E-state index in [4.69, 9.17) is 4.79 Å². The van der Waals surface area contributed by atoms with Gasteiger partial charge in [-0.1, -0.05) is 0 Å². The maximum atomic E-state index is 11.1. The summed E-state index contributed by atoms with van der Waals surface area (Å²) in [7, 11) is 0. The van der Waals surface area contributed by atoms with Crippen LogP contribution in [0.25, 0.3) is 0 Å². The summed E-state index contributed by atoms with van der Waals surface area (Å²) < 4.78 is 33.1. The second-order valence-corrected chi connectivity index (χ2v) is 1.82. The molecule has 1 rings (SSSR count). The summed E-state index contributed by atoms with van der Waals surface area (Å²) in [5, 5.41) is 10.1. The molecule has 8 heteroatoms. The van der Waals surface area contributed by atoms with Gasteiger partial charge in [-0.25, -0.2) is 4.39 Å². The number of rotatable bonds is 2. The zero-order valence-electron chi connectivity index (χ0n) is 6.81. The molecule has 1 heterocycles. The third kappa shape index (κ3) is 8.85. The molecule has 0 aliphatic carbocycles. The Labute approximate surface area is 83.9 Å². The Morgan fingerprint density at radius 1 is 1.29 bits per heavy atom. The van der Waals surface area contributed by atoms with E-state index in [9.17, 15) is 13.2 Å². The average Bonchev–Trinajstić information content (AvgIpc) is 2.21. The second kappa shape index (κ2) is 8.36. The molecule has 0 atom stereocenters. The molecule has 1 aromatic rings. The SMILES string of the molecule is Cl.O=CC(F)(F)CF.c1cnnnc1. The van der Waals surface area contributed by atoms with Crippen LogP contribution in [0.3, 0.4) is 0 Å². The number of carbonyl (C=O) groups excluding carboxylic acids is 1. The zero-order chi connectivity index (χ0) is 10.2. The number of aromatic nitrogens is 3. The number of aldehydes is 1. The van der Waals surface area contributed by atoms with Gasteiger partial charge in [-0.05, 0) is 11.3 Å². The number of hydrogen-bond acceptors (Lipinski definition) is 4. The van der Waals surface area contributed by atoms with Crippen molar-refractivity contribution in [3.8, 4) is 0 Å². The van der Waals surface area contributed by atoms with Crippen LogP contribution in [0.15, 0.2) is 18.5 Å². The van der Waals surface area contributed by atoms with Crippen LogP contribution < -0.4 is 0 Å². The summed E-state index contributed by atoms with van der Waals surface area (Å²) in [5.41, 5.74) is 0. The molecule has 0 aromatic carbocycles. The fourth-order valence-corrected chi connectivity index (χ4v) is 0.236. The lowest BCUT2D eigenvalue weighted by atomic mass is 10.4. The van der Waals surface area contributed by atoms with Crippen molar-refractivity contribution in [2.45, 2.75) is 5.92 Å². The van der Waals surface area contributed by atoms with Crippen LogP contribution >= 0.6 is 12.4 Å². The maximum Gasteiger partial charge on any atom is 0.330 e. The van der Waals surface area contributed by atoms with Gasteiger partial charge >= 0.3 is 5.92 Å². The van der Waals surface area contributed by atoms with E-state index in [1.165, 1.54) is 0 Å². The summed E-state index contributed by atoms with van der Waals surface area (Å²) in [6.07, 6.45) is 2.44. The minimum Gasteiger partial charge on any atom is -0.297 e. The van der Waals surface area contributed by atoms with E-state index in [-0.39, 0.29) is 12.4 Å². The van der Waals surface area contributed by atoms with Crippen molar-refractivity contribution < 1.29 is 18.0 Å². The lowest BCUT2D eigenvalue weighted by Gasteiger charge is -1.97. The highest BCUT2D eigenvalue weighted by molar-refractivity contribution is 5.85. The van der Waals surface area contributed by atoms with Gasteiger partial charge in [-0.15, -0.1) is 22.6 Å². The van der Waals surface area contributed by atoms with Crippen LogP contribution in [-0.2, 0) is 4.79 Å². The molecular formula is C6H7ClF3N3O. The first-order valence-electron chi connectivity index (χ1n) is 3.11. The van der Waals surface area contributed by atoms with E-state index < -0.39 is 18.9 Å². The van der Waals surface area contributed by atoms with E-state index in [2.05, 4.69) is 15.4 Å². The molecular weight excluding hydrogens is 223 g/mol. The predicted octanol–water partition coefficient (Wildman–Crippen LogP) is 1.08. The first-order chi connectivity index (χ1) is 6.12. The summed E-state index contributed by atoms with van der Waals surface area (Å²) >= 11 is 0. The van der Waals surface area contributed by atoms with E-state index in [0.717, 1.165) is 0 Å². The van der Waals surface area contributed by atoms with Crippen molar-refractivity contribution in [1.82, 2.24) is 15.4 Å². The fourth-order valence-electron chi connectivity index (χ4n) is 0.236. The van der Waals surface area contributed by atoms with Crippen LogP contribution in [0, 0.1) is 0 Å². The van der Waals surface area contributed by atoms with Crippen molar-refractivity contribution in [2.75, 3.05) is 6.67 Å². The van der Waals surface area contributed by atoms with Crippen LogP contribution in [0.5, 0.6) is 0 Å². The second-order valence-electron chi connectivity index (χ2n) is 1.82. The van der Waals surface area contributed by atoms with E-state index >= 15 is 0 Å². The molecule has 0 unspecified atom stereocenters. The van der Waals surface area contributed by atoms with E-state index in [0.29, 0.717) is 0 Å². The lowest BCUT2D eigenvalue weighted by Crippen LogP contribution is -2.19. The molecule has 0 radical (unpaired) electrons. The Balaban J connectivity index is 0. The van der Waals surface area contributed by atoms with Gasteiger partial charge in [0.15, 0.2) is 13.0 Å². The van der Waals surface area contributed by atoms with Gasteiger partial charge < -0.3 is 0 Å². The molecule has 0 amide bonds. The molecule has 0 fully saturated rings. The summed E-state index contributed by atoms with van der Waals surface area (Å²) in [6, 6.07) is 1.72. The van der Waals surface area contributed by atoms with Gasteiger partial charge in [0, 0.05) is 0 Å². The maximum absolute atomic E-state index is 11.1. The van der Waals surface area contributed by atoms with Gasteiger partial charge in [-0.3, -0.25) is 4.79 Å². The number of halogens is 4. The topological polar surface area (TPSA) is 55.7 Å². The Bertz CT molecular complexity index is 210. The number of hydrogen-bond donors (Lipinski definition) is 0. The quantitative estimate of drug-likeness (QED) is 0.713. The monoisotopic (exact) mass is 229 g/mol. The standard InChI is InChI=1S/C3H3F3O.C3H3N3.ClH/c4-1-3(5,6)2-7;1-2-4-6-5-3-1;/h2H,1H2;1-3H;1H. The summed E-state index contributed by atoms with van der Waals surface area (Å²) in [5.74, 6) is -3.76. The van der Waals surface area contributed by atoms with Crippen LogP contribution in [0.1, 0.15) is 0 Å². The highest BCUT2D eigenvalue weighted by Crippen LogP contribution is 2.08. The molecule has 0 saturated carbocycles. The molecule has 4 nitrogen and oxygen atoms in total. The molecule has 0 aliphatic rings. The van der Waals surface area contributed by atoms with Gasteiger partial charge in [-0.2, -0.15) is 8.78 Å². The number of carbonyl (C=O) groups is 1. The third-order valence-electron chi connectivity index (χ3n) is 0.759. The Kier molecular flexibility index (Phi) is 9.10. The van der Waals surface area contributed by atoms with Gasteiger partial charge in [0.1, 0.15) is 0 Å². The first kappa shape index (κ1) is 15.2. The Morgan fingerprint density at radius 2 is 1.79 bits per heavy atom. The molecule has 80 valence electrons. The van der Waals surface area contributed by atoms with Gasteiger partial charge in [0.05, 0.1) is 12.4 Å². The molecule has 14 heavy (non-hydrogen) atoms.